The van der Waals surface area contributed by atoms with Crippen molar-refractivity contribution in [3.05, 3.63) is 6.67 Å². The van der Waals surface area contributed by atoms with Crippen LogP contribution < -0.4 is 11.1 Å². The Labute approximate surface area is 26.0 Å². The second kappa shape index (κ2) is 2.92. The molecule has 0 unspecified atom stereocenters. The van der Waals surface area contributed by atoms with Crippen LogP contribution in [0, 0.1) is 6.67 Å². The Kier molecular flexibility index (Phi) is 2.86. The summed E-state index contributed by atoms with van der Waals surface area (Å²) in [6.45, 7) is 2.18. The van der Waals surface area contributed by atoms with Crippen LogP contribution >= 0.6 is 0 Å². The molecule has 24 valence electrons. The molecule has 0 spiro atoms. The van der Waals surface area contributed by atoms with Crippen LogP contribution in [0.25, 0.3) is 0 Å². The van der Waals surface area contributed by atoms with Crippen molar-refractivity contribution >= 4 is 0 Å². The van der Waals surface area contributed by atoms with Gasteiger partial charge in [0, 0.05) is 0 Å². The van der Waals surface area contributed by atoms with E-state index in [1.54, 1.807) is 7.05 Å². The Bertz CT molecular complexity index is 6.00. The molecular formula is C2H6N2. The summed E-state index contributed by atoms with van der Waals surface area (Å²) in [6.07, 6.45) is 0. The van der Waals surface area contributed by atoms with Crippen molar-refractivity contribution in [1.82, 2.24) is 5.32 Å². The van der Waals surface area contributed by atoms with Crippen molar-refractivity contribution in [2.24, 2.45) is 5.73 Å². The molecule has 4 heavy (non-hydrogen) atoms. The molecule has 0 aromatic carbocycles. The first-order valence-corrected chi connectivity index (χ1v) is 1.04. The van der Waals surface area contributed by atoms with E-state index in [1.807, 2.05) is 0 Å². The van der Waals surface area contributed by atoms with Crippen molar-refractivity contribution in [2.75, 3.05) is 7.05 Å². The zero-order chi connectivity index (χ0) is 3.41. The molecule has 3 N–H and O–H groups in total. The quantitative estimate of drug-likeness (QED) is 0.386. The van der Waals surface area contributed by atoms with Gasteiger partial charge in [-0.2, -0.15) is 0 Å². The van der Waals surface area contributed by atoms with Gasteiger partial charge in [0.05, 0.1) is 0 Å². The van der Waals surface area contributed by atoms with Gasteiger partial charge in [0.25, 0.3) is 0 Å². The average molecular weight is 58.1 g/mol. The maximum absolute atomic E-state index is 4.67. The topological polar surface area (TPSA) is 38.0 Å². The van der Waals surface area contributed by atoms with Gasteiger partial charge in [-0.1, -0.05) is 0 Å². The van der Waals surface area contributed by atoms with Crippen molar-refractivity contribution in [2.45, 2.75) is 0 Å². The van der Waals surface area contributed by atoms with Crippen molar-refractivity contribution < 1.29 is 0 Å². The zero-order valence-electron chi connectivity index (χ0n) is 2.58. The Hall–Kier alpha value is -0.0800. The van der Waals surface area contributed by atoms with E-state index in [4.69, 9.17) is 0 Å². The second-order valence-electron chi connectivity index (χ2n) is 0.394. The smallest absolute Gasteiger partial charge is 0.137 e. The largest absolute Gasteiger partial charge is 0.308 e. The standard InChI is InChI=1S/C2H6N2/c1-4-2-3/h4H,3H2,1H3. The first-order valence-electron chi connectivity index (χ1n) is 1.04. The summed E-state index contributed by atoms with van der Waals surface area (Å²) in [5.41, 5.74) is 4.67. The fourth-order valence-electron chi connectivity index (χ4n) is 0. The normalized spacial score (nSPS) is 7.50. The molecule has 0 saturated carbocycles. The average Bonchev–Trinajstić information content (AvgIpc) is 1.37. The van der Waals surface area contributed by atoms with E-state index in [0.717, 1.165) is 0 Å². The SMILES string of the molecule is CN[C]N. The maximum atomic E-state index is 4.67. The van der Waals surface area contributed by atoms with Crippen LogP contribution in [0.15, 0.2) is 0 Å². The lowest BCUT2D eigenvalue weighted by molar-refractivity contribution is 0.958. The molecule has 0 saturated heterocycles. The molecule has 2 heteroatoms. The van der Waals surface area contributed by atoms with E-state index in [-0.39, 0.29) is 0 Å². The Balaban J connectivity index is 1.97. The first kappa shape index (κ1) is 3.92. The summed E-state index contributed by atoms with van der Waals surface area (Å²) in [7, 11) is 1.69. The van der Waals surface area contributed by atoms with E-state index in [0.29, 0.717) is 0 Å². The maximum Gasteiger partial charge on any atom is 0.137 e. The Morgan fingerprint density at radius 2 is 2.25 bits per heavy atom. The molecule has 2 nitrogen and oxygen atoms in total. The van der Waals surface area contributed by atoms with Crippen molar-refractivity contribution in [3.63, 3.8) is 0 Å². The fourth-order valence-corrected chi connectivity index (χ4v) is 0. The predicted molar refractivity (Wildman–Crippen MR) is 16.5 cm³/mol. The third-order valence-electron chi connectivity index (χ3n) is 0.144. The minimum Gasteiger partial charge on any atom is -0.308 e. The molecule has 0 aliphatic carbocycles. The summed E-state index contributed by atoms with van der Waals surface area (Å²) in [5.74, 6) is 0. The summed E-state index contributed by atoms with van der Waals surface area (Å²) in [6, 6.07) is 0. The molecular weight excluding hydrogens is 52.0 g/mol. The lowest BCUT2D eigenvalue weighted by atomic mass is 11.1. The van der Waals surface area contributed by atoms with Gasteiger partial charge in [-0.25, -0.2) is 0 Å². The van der Waals surface area contributed by atoms with E-state index >= 15 is 0 Å². The fraction of sp³-hybridized carbons (Fsp3) is 0.500. The monoisotopic (exact) mass is 58.1 g/mol. The highest BCUT2D eigenvalue weighted by molar-refractivity contribution is 4.36. The molecule has 2 radical (unpaired) electrons. The number of hydrogen-bond donors (Lipinski definition) is 2. The molecule has 0 atom stereocenters. The molecule has 0 rings (SSSR count). The predicted octanol–water partition coefficient (Wildman–Crippen LogP) is -0.839. The van der Waals surface area contributed by atoms with Gasteiger partial charge in [0.15, 0.2) is 0 Å². The first-order chi connectivity index (χ1) is 1.91. The van der Waals surface area contributed by atoms with Gasteiger partial charge in [-0.15, -0.1) is 0 Å². The third-order valence-corrected chi connectivity index (χ3v) is 0.144. The van der Waals surface area contributed by atoms with Crippen molar-refractivity contribution in [1.29, 1.82) is 0 Å². The lowest BCUT2D eigenvalue weighted by Crippen LogP contribution is -2.07. The van der Waals surface area contributed by atoms with Gasteiger partial charge < -0.3 is 5.73 Å². The number of hydrogen-bond acceptors (Lipinski definition) is 2. The van der Waals surface area contributed by atoms with Crippen LogP contribution in [0.2, 0.25) is 0 Å². The minimum atomic E-state index is 1.69. The molecule has 0 aromatic heterocycles. The Morgan fingerprint density at radius 1 is 2.00 bits per heavy atom. The summed E-state index contributed by atoms with van der Waals surface area (Å²) in [5, 5.41) is 2.46. The lowest BCUT2D eigenvalue weighted by Gasteiger charge is -1.73. The van der Waals surface area contributed by atoms with Crippen LogP contribution in [0.4, 0.5) is 0 Å². The van der Waals surface area contributed by atoms with E-state index < -0.39 is 0 Å². The number of rotatable bonds is 1. The van der Waals surface area contributed by atoms with E-state index in [9.17, 15) is 0 Å². The molecule has 0 aliphatic heterocycles. The van der Waals surface area contributed by atoms with E-state index in [1.165, 1.54) is 0 Å². The Morgan fingerprint density at radius 3 is 2.25 bits per heavy atom. The highest BCUT2D eigenvalue weighted by Crippen LogP contribution is 1.28. The molecule has 0 aromatic rings. The van der Waals surface area contributed by atoms with Gasteiger partial charge in [0.1, 0.15) is 6.67 Å². The highest BCUT2D eigenvalue weighted by atomic mass is 14.9. The molecule has 0 bridgehead atoms. The molecule has 0 aliphatic rings. The summed E-state index contributed by atoms with van der Waals surface area (Å²) in [4.78, 5) is 0. The van der Waals surface area contributed by atoms with Crippen LogP contribution in [0.3, 0.4) is 0 Å². The molecule has 0 amide bonds. The third kappa shape index (κ3) is 1.92. The van der Waals surface area contributed by atoms with E-state index in [2.05, 4.69) is 17.7 Å². The second-order valence-corrected chi connectivity index (χ2v) is 0.394. The number of nitrogens with one attached hydrogen (secondary N) is 1. The van der Waals surface area contributed by atoms with Gasteiger partial charge in [-0.05, 0) is 7.05 Å². The zero-order valence-corrected chi connectivity index (χ0v) is 2.58. The highest BCUT2D eigenvalue weighted by Gasteiger charge is 1.53. The molecule has 0 heterocycles. The minimum absolute atomic E-state index is 1.69. The van der Waals surface area contributed by atoms with Crippen LogP contribution in [-0.4, -0.2) is 7.05 Å². The van der Waals surface area contributed by atoms with Crippen molar-refractivity contribution in [3.8, 4) is 0 Å². The van der Waals surface area contributed by atoms with Crippen LogP contribution in [0.1, 0.15) is 0 Å². The van der Waals surface area contributed by atoms with Gasteiger partial charge >= 0.3 is 0 Å². The van der Waals surface area contributed by atoms with Gasteiger partial charge in [0.2, 0.25) is 0 Å². The summed E-state index contributed by atoms with van der Waals surface area (Å²) >= 11 is 0. The van der Waals surface area contributed by atoms with Crippen LogP contribution in [0.5, 0.6) is 0 Å². The van der Waals surface area contributed by atoms with Gasteiger partial charge in [-0.3, -0.25) is 5.32 Å². The number of nitrogens with two attached hydrogens (primary N) is 1. The molecule has 0 fully saturated rings. The summed E-state index contributed by atoms with van der Waals surface area (Å²) < 4.78 is 0. The van der Waals surface area contributed by atoms with Crippen LogP contribution in [-0.2, 0) is 0 Å².